The normalized spacial score (nSPS) is 53.6. The summed E-state index contributed by atoms with van der Waals surface area (Å²) in [6, 6.07) is 0. The summed E-state index contributed by atoms with van der Waals surface area (Å²) in [5, 5.41) is 20.8. The number of carbonyl (C=O) groups excluding carboxylic acids is 1. The van der Waals surface area contributed by atoms with Gasteiger partial charge in [0.05, 0.1) is 18.1 Å². The summed E-state index contributed by atoms with van der Waals surface area (Å²) < 4.78 is 0. The van der Waals surface area contributed by atoms with Crippen molar-refractivity contribution < 1.29 is 15.0 Å². The van der Waals surface area contributed by atoms with E-state index in [0.717, 1.165) is 38.5 Å². The van der Waals surface area contributed by atoms with Crippen LogP contribution in [0.25, 0.3) is 0 Å². The quantitative estimate of drug-likeness (QED) is 0.644. The summed E-state index contributed by atoms with van der Waals surface area (Å²) in [5.74, 6) is 0.948. The maximum absolute atomic E-state index is 11.8. The largest absolute Gasteiger partial charge is 0.393 e. The molecule has 4 aliphatic carbocycles. The molecule has 4 N–H and O–H groups in total. The minimum Gasteiger partial charge on any atom is -0.393 e. The fourth-order valence-corrected chi connectivity index (χ4v) is 7.02. The van der Waals surface area contributed by atoms with Gasteiger partial charge in [0.15, 0.2) is 0 Å². The Hall–Kier alpha value is -0.870. The minimum absolute atomic E-state index is 0.0171. The maximum Gasteiger partial charge on any atom is 0.223 e. The highest BCUT2D eigenvalue weighted by Crippen LogP contribution is 2.65. The third-order valence-electron chi connectivity index (χ3n) is 8.48. The molecule has 0 heterocycles. The smallest absolute Gasteiger partial charge is 0.223 e. The first-order chi connectivity index (χ1) is 11.3. The van der Waals surface area contributed by atoms with Crippen LogP contribution >= 0.6 is 0 Å². The van der Waals surface area contributed by atoms with E-state index in [2.05, 4.69) is 13.8 Å². The number of amides is 1. The van der Waals surface area contributed by atoms with Crippen LogP contribution in [0.3, 0.4) is 0 Å². The highest BCUT2D eigenvalue weighted by atomic mass is 16.3. The molecule has 0 aromatic rings. The van der Waals surface area contributed by atoms with Gasteiger partial charge < -0.3 is 15.9 Å². The summed E-state index contributed by atoms with van der Waals surface area (Å²) in [4.78, 5) is 11.8. The van der Waals surface area contributed by atoms with Crippen LogP contribution in [-0.4, -0.2) is 28.3 Å². The summed E-state index contributed by atoms with van der Waals surface area (Å²) in [7, 11) is 0. The Morgan fingerprint density at radius 1 is 1.17 bits per heavy atom. The third kappa shape index (κ3) is 2.08. The number of aliphatic hydroxyl groups is 2. The van der Waals surface area contributed by atoms with E-state index >= 15 is 0 Å². The molecule has 4 aliphatic rings. The molecule has 134 valence electrons. The number of primary amides is 1. The van der Waals surface area contributed by atoms with E-state index in [1.165, 1.54) is 5.57 Å². The zero-order valence-electron chi connectivity index (χ0n) is 14.9. The van der Waals surface area contributed by atoms with Crippen molar-refractivity contribution in [3.05, 3.63) is 11.6 Å². The van der Waals surface area contributed by atoms with Crippen LogP contribution in [0.1, 0.15) is 58.8 Å². The van der Waals surface area contributed by atoms with Gasteiger partial charge in [-0.25, -0.2) is 0 Å². The first-order valence-corrected chi connectivity index (χ1v) is 9.64. The number of fused-ring (bicyclic) bond motifs is 5. The molecule has 4 rings (SSSR count). The van der Waals surface area contributed by atoms with Crippen molar-refractivity contribution in [2.45, 2.75) is 71.0 Å². The number of aliphatic hydroxyl groups excluding tert-OH is 2. The van der Waals surface area contributed by atoms with Crippen LogP contribution in [0, 0.1) is 34.5 Å². The van der Waals surface area contributed by atoms with Crippen molar-refractivity contribution in [1.82, 2.24) is 0 Å². The van der Waals surface area contributed by atoms with Crippen molar-refractivity contribution in [2.75, 3.05) is 0 Å². The highest BCUT2D eigenvalue weighted by molar-refractivity contribution is 5.78. The molecule has 3 saturated carbocycles. The summed E-state index contributed by atoms with van der Waals surface area (Å²) in [5.41, 5.74) is 6.98. The Kier molecular flexibility index (Phi) is 3.67. The molecule has 0 aliphatic heterocycles. The van der Waals surface area contributed by atoms with Crippen LogP contribution in [0.15, 0.2) is 11.6 Å². The molecular weight excluding hydrogens is 302 g/mol. The van der Waals surface area contributed by atoms with Crippen molar-refractivity contribution in [1.29, 1.82) is 0 Å². The fourth-order valence-electron chi connectivity index (χ4n) is 7.02. The average molecular weight is 333 g/mol. The standard InChI is InChI=1S/C20H31NO3/c1-19-8-7-15-12(14(19)5-6-17(19)23)4-3-11-9-16(22)13(18(21)24)10-20(11,15)2/h9,12-17,22-23H,3-8,10H2,1-2H3,(H2,21,24)/t12-,13?,14-,15+,16?,17?,19-,20-/m0/s1. The molecule has 8 atom stereocenters. The van der Waals surface area contributed by atoms with E-state index in [1.807, 2.05) is 6.08 Å². The molecule has 3 fully saturated rings. The van der Waals surface area contributed by atoms with Gasteiger partial charge in [-0.15, -0.1) is 0 Å². The summed E-state index contributed by atoms with van der Waals surface area (Å²) in [6.45, 7) is 4.58. The Balaban J connectivity index is 1.68. The van der Waals surface area contributed by atoms with E-state index in [0.29, 0.717) is 24.2 Å². The van der Waals surface area contributed by atoms with Crippen LogP contribution in [0.4, 0.5) is 0 Å². The van der Waals surface area contributed by atoms with E-state index in [9.17, 15) is 15.0 Å². The molecule has 0 bridgehead atoms. The Morgan fingerprint density at radius 2 is 1.92 bits per heavy atom. The molecule has 0 saturated heterocycles. The van der Waals surface area contributed by atoms with Gasteiger partial charge in [-0.2, -0.15) is 0 Å². The minimum atomic E-state index is -0.718. The SMILES string of the molecule is C[C@]12CC(C(N)=O)C(O)C=C1CC[C@@H]1[C@H]2CC[C@]2(C)C(O)CC[C@@H]12. The monoisotopic (exact) mass is 333 g/mol. The van der Waals surface area contributed by atoms with Crippen molar-refractivity contribution in [3.8, 4) is 0 Å². The predicted octanol–water partition coefficient (Wildman–Crippen LogP) is 2.38. The second kappa shape index (κ2) is 5.31. The van der Waals surface area contributed by atoms with Gasteiger partial charge in [0.25, 0.3) is 0 Å². The molecule has 3 unspecified atom stereocenters. The molecule has 0 spiro atoms. The number of rotatable bonds is 1. The highest BCUT2D eigenvalue weighted by Gasteiger charge is 2.59. The van der Waals surface area contributed by atoms with E-state index in [4.69, 9.17) is 5.73 Å². The predicted molar refractivity (Wildman–Crippen MR) is 91.8 cm³/mol. The van der Waals surface area contributed by atoms with Gasteiger partial charge in [-0.3, -0.25) is 4.79 Å². The summed E-state index contributed by atoms with van der Waals surface area (Å²) >= 11 is 0. The maximum atomic E-state index is 11.8. The van der Waals surface area contributed by atoms with E-state index in [1.54, 1.807) is 0 Å². The zero-order chi connectivity index (χ0) is 17.3. The molecule has 24 heavy (non-hydrogen) atoms. The lowest BCUT2D eigenvalue weighted by molar-refractivity contribution is -0.129. The average Bonchev–Trinajstić information content (AvgIpc) is 2.83. The topological polar surface area (TPSA) is 83.6 Å². The van der Waals surface area contributed by atoms with E-state index < -0.39 is 12.0 Å². The van der Waals surface area contributed by atoms with Crippen LogP contribution in [0.5, 0.6) is 0 Å². The zero-order valence-corrected chi connectivity index (χ0v) is 14.9. The van der Waals surface area contributed by atoms with Crippen molar-refractivity contribution >= 4 is 5.91 Å². The molecule has 0 aromatic carbocycles. The number of allylic oxidation sites excluding steroid dienone is 1. The van der Waals surface area contributed by atoms with Crippen LogP contribution in [-0.2, 0) is 4.79 Å². The van der Waals surface area contributed by atoms with Gasteiger partial charge in [0, 0.05) is 0 Å². The van der Waals surface area contributed by atoms with Gasteiger partial charge in [-0.1, -0.05) is 25.5 Å². The Bertz CT molecular complexity index is 587. The van der Waals surface area contributed by atoms with Crippen LogP contribution in [0.2, 0.25) is 0 Å². The van der Waals surface area contributed by atoms with Crippen molar-refractivity contribution in [2.24, 2.45) is 40.2 Å². The number of hydrogen-bond donors (Lipinski definition) is 3. The molecule has 0 aromatic heterocycles. The number of hydrogen-bond acceptors (Lipinski definition) is 3. The first-order valence-electron chi connectivity index (χ1n) is 9.64. The third-order valence-corrected chi connectivity index (χ3v) is 8.48. The fraction of sp³-hybridized carbons (Fsp3) is 0.850. The number of carbonyl (C=O) groups is 1. The van der Waals surface area contributed by atoms with Gasteiger partial charge in [0.2, 0.25) is 5.91 Å². The molecule has 1 amide bonds. The lowest BCUT2D eigenvalue weighted by Crippen LogP contribution is -2.53. The van der Waals surface area contributed by atoms with Gasteiger partial charge >= 0.3 is 0 Å². The molecular formula is C20H31NO3. The first kappa shape index (κ1) is 16.6. The lowest BCUT2D eigenvalue weighted by atomic mass is 9.46. The lowest BCUT2D eigenvalue weighted by Gasteiger charge is -2.58. The Labute approximate surface area is 144 Å². The number of nitrogens with two attached hydrogens (primary N) is 1. The van der Waals surface area contributed by atoms with Gasteiger partial charge in [-0.05, 0) is 73.5 Å². The second-order valence-electron chi connectivity index (χ2n) is 9.37. The molecule has 0 radical (unpaired) electrons. The molecule has 4 heteroatoms. The molecule has 4 nitrogen and oxygen atoms in total. The van der Waals surface area contributed by atoms with Gasteiger partial charge in [0.1, 0.15) is 0 Å². The Morgan fingerprint density at radius 3 is 2.62 bits per heavy atom. The second-order valence-corrected chi connectivity index (χ2v) is 9.37. The van der Waals surface area contributed by atoms with Crippen LogP contribution < -0.4 is 5.73 Å². The van der Waals surface area contributed by atoms with E-state index in [-0.39, 0.29) is 22.8 Å². The van der Waals surface area contributed by atoms with Crippen molar-refractivity contribution in [3.63, 3.8) is 0 Å². The summed E-state index contributed by atoms with van der Waals surface area (Å²) in [6.07, 6.45) is 8.19.